The van der Waals surface area contributed by atoms with Crippen LogP contribution in [0.5, 0.6) is 0 Å². The van der Waals surface area contributed by atoms with E-state index in [9.17, 15) is 4.79 Å². The van der Waals surface area contributed by atoms with Crippen molar-refractivity contribution in [3.8, 4) is 0 Å². The first-order valence-corrected chi connectivity index (χ1v) is 8.33. The van der Waals surface area contributed by atoms with Crippen LogP contribution in [0.1, 0.15) is 31.0 Å². The summed E-state index contributed by atoms with van der Waals surface area (Å²) in [6.45, 7) is 4.09. The lowest BCUT2D eigenvalue weighted by atomic mass is 10.1. The van der Waals surface area contributed by atoms with Crippen LogP contribution in [0.3, 0.4) is 0 Å². The maximum atomic E-state index is 11.7. The number of H-pyrrole nitrogens is 1. The van der Waals surface area contributed by atoms with Gasteiger partial charge in [-0.1, -0.05) is 68.1 Å². The molecule has 1 aromatic heterocycles. The number of nitrogens with one attached hydrogen (secondary N) is 1. The Morgan fingerprint density at radius 3 is 2.73 bits per heavy atom. The van der Waals surface area contributed by atoms with Crippen LogP contribution in [0.25, 0.3) is 10.8 Å². The number of aromatic amines is 1. The third kappa shape index (κ3) is 3.22. The summed E-state index contributed by atoms with van der Waals surface area (Å²) in [4.78, 5) is 19.1. The number of hydrogen-bond acceptors (Lipinski definition) is 3. The van der Waals surface area contributed by atoms with E-state index in [4.69, 9.17) is 0 Å². The van der Waals surface area contributed by atoms with Gasteiger partial charge >= 0.3 is 0 Å². The van der Waals surface area contributed by atoms with Gasteiger partial charge in [-0.2, -0.15) is 0 Å². The molecule has 4 heteroatoms. The molecule has 0 amide bonds. The van der Waals surface area contributed by atoms with Crippen LogP contribution in [0, 0.1) is 0 Å². The van der Waals surface area contributed by atoms with E-state index in [1.807, 2.05) is 19.9 Å². The lowest BCUT2D eigenvalue weighted by Crippen LogP contribution is -2.10. The fourth-order valence-electron chi connectivity index (χ4n) is 2.38. The smallest absolute Gasteiger partial charge is 0.251 e. The molecule has 1 N–H and O–H groups in total. The molecule has 3 rings (SSSR count). The fraction of sp³-hybridized carbons (Fsp3) is 0.222. The molecule has 3 aromatic rings. The van der Waals surface area contributed by atoms with E-state index < -0.39 is 0 Å². The summed E-state index contributed by atoms with van der Waals surface area (Å²) in [7, 11) is 0. The molecule has 0 saturated heterocycles. The zero-order valence-corrected chi connectivity index (χ0v) is 13.5. The molecule has 0 aliphatic heterocycles. The minimum Gasteiger partial charge on any atom is -0.301 e. The third-order valence-electron chi connectivity index (χ3n) is 3.58. The number of hydrogen-bond donors (Lipinski definition) is 1. The van der Waals surface area contributed by atoms with Gasteiger partial charge in [-0.25, -0.2) is 4.98 Å². The second-order valence-electron chi connectivity index (χ2n) is 5.56. The summed E-state index contributed by atoms with van der Waals surface area (Å²) >= 11 is 1.57. The SMILES string of the molecule is CC(C)c1cc(=O)[nH]c(SCc2cccc3ccccc23)n1. The second kappa shape index (κ2) is 6.36. The van der Waals surface area contributed by atoms with E-state index in [0.29, 0.717) is 5.16 Å². The topological polar surface area (TPSA) is 45.8 Å². The van der Waals surface area contributed by atoms with E-state index >= 15 is 0 Å². The van der Waals surface area contributed by atoms with Gasteiger partial charge in [0.2, 0.25) is 0 Å². The lowest BCUT2D eigenvalue weighted by Gasteiger charge is -2.08. The molecular formula is C18H18N2OS. The number of benzene rings is 2. The predicted octanol–water partition coefficient (Wildman–Crippen LogP) is 4.34. The molecule has 0 radical (unpaired) electrons. The molecule has 0 aliphatic carbocycles. The number of rotatable bonds is 4. The van der Waals surface area contributed by atoms with Gasteiger partial charge in [0, 0.05) is 11.8 Å². The highest BCUT2D eigenvalue weighted by atomic mass is 32.2. The van der Waals surface area contributed by atoms with Gasteiger partial charge in [0.05, 0.1) is 5.69 Å². The standard InChI is InChI=1S/C18H18N2OS/c1-12(2)16-10-17(21)20-18(19-16)22-11-14-8-5-7-13-6-3-4-9-15(13)14/h3-10,12H,11H2,1-2H3,(H,19,20,21). The molecule has 0 unspecified atom stereocenters. The highest BCUT2D eigenvalue weighted by Gasteiger charge is 2.07. The summed E-state index contributed by atoms with van der Waals surface area (Å²) in [5.74, 6) is 1.03. The zero-order chi connectivity index (χ0) is 15.5. The highest BCUT2D eigenvalue weighted by Crippen LogP contribution is 2.25. The van der Waals surface area contributed by atoms with Gasteiger partial charge < -0.3 is 4.98 Å². The number of fused-ring (bicyclic) bond motifs is 1. The molecule has 3 nitrogen and oxygen atoms in total. The number of nitrogens with zero attached hydrogens (tertiary/aromatic N) is 1. The Morgan fingerprint density at radius 2 is 1.91 bits per heavy atom. The maximum Gasteiger partial charge on any atom is 0.251 e. The van der Waals surface area contributed by atoms with Crippen LogP contribution < -0.4 is 5.56 Å². The average Bonchev–Trinajstić information content (AvgIpc) is 2.52. The summed E-state index contributed by atoms with van der Waals surface area (Å²) in [5, 5.41) is 3.17. The maximum absolute atomic E-state index is 11.7. The molecule has 2 aromatic carbocycles. The van der Waals surface area contributed by atoms with E-state index in [2.05, 4.69) is 46.4 Å². The van der Waals surface area contributed by atoms with Gasteiger partial charge in [-0.05, 0) is 22.3 Å². The average molecular weight is 310 g/mol. The van der Waals surface area contributed by atoms with Crippen LogP contribution in [0.4, 0.5) is 0 Å². The van der Waals surface area contributed by atoms with Crippen LogP contribution in [0.2, 0.25) is 0 Å². The third-order valence-corrected chi connectivity index (χ3v) is 4.50. The molecular weight excluding hydrogens is 292 g/mol. The normalized spacial score (nSPS) is 11.2. The van der Waals surface area contributed by atoms with Gasteiger partial charge in [-0.15, -0.1) is 0 Å². The fourth-order valence-corrected chi connectivity index (χ4v) is 3.27. The van der Waals surface area contributed by atoms with Crippen LogP contribution in [-0.4, -0.2) is 9.97 Å². The van der Waals surface area contributed by atoms with Gasteiger partial charge in [0.1, 0.15) is 0 Å². The van der Waals surface area contributed by atoms with Crippen LogP contribution in [-0.2, 0) is 5.75 Å². The summed E-state index contributed by atoms with van der Waals surface area (Å²) < 4.78 is 0. The van der Waals surface area contributed by atoms with Gasteiger partial charge in [0.25, 0.3) is 5.56 Å². The molecule has 112 valence electrons. The lowest BCUT2D eigenvalue weighted by molar-refractivity contribution is 0.769. The molecule has 0 aliphatic rings. The van der Waals surface area contributed by atoms with Crippen molar-refractivity contribution in [2.75, 3.05) is 0 Å². The summed E-state index contributed by atoms with van der Waals surface area (Å²) in [5.41, 5.74) is 2.00. The zero-order valence-electron chi connectivity index (χ0n) is 12.7. The molecule has 0 bridgehead atoms. The predicted molar refractivity (Wildman–Crippen MR) is 92.5 cm³/mol. The minimum absolute atomic E-state index is 0.0841. The Labute approximate surface area is 133 Å². The van der Waals surface area contributed by atoms with Crippen molar-refractivity contribution in [1.82, 2.24) is 9.97 Å². The first-order chi connectivity index (χ1) is 10.6. The first kappa shape index (κ1) is 14.9. The van der Waals surface area contributed by atoms with Crippen molar-refractivity contribution >= 4 is 22.5 Å². The number of aromatic nitrogens is 2. The Morgan fingerprint density at radius 1 is 1.14 bits per heavy atom. The molecule has 0 fully saturated rings. The summed E-state index contributed by atoms with van der Waals surface area (Å²) in [6.07, 6.45) is 0. The van der Waals surface area contributed by atoms with Crippen molar-refractivity contribution in [1.29, 1.82) is 0 Å². The van der Waals surface area contributed by atoms with Crippen LogP contribution in [0.15, 0.2) is 58.5 Å². The Bertz CT molecular complexity index is 850. The Balaban J connectivity index is 1.87. The molecule has 0 spiro atoms. The van der Waals surface area contributed by atoms with Gasteiger partial charge in [-0.3, -0.25) is 4.79 Å². The Kier molecular flexibility index (Phi) is 4.29. The van der Waals surface area contributed by atoms with E-state index in [-0.39, 0.29) is 11.5 Å². The van der Waals surface area contributed by atoms with E-state index in [0.717, 1.165) is 11.4 Å². The minimum atomic E-state index is -0.0841. The van der Waals surface area contributed by atoms with E-state index in [1.165, 1.54) is 16.3 Å². The van der Waals surface area contributed by atoms with Gasteiger partial charge in [0.15, 0.2) is 5.16 Å². The first-order valence-electron chi connectivity index (χ1n) is 7.34. The number of thioether (sulfide) groups is 1. The van der Waals surface area contributed by atoms with Crippen molar-refractivity contribution in [2.45, 2.75) is 30.7 Å². The monoisotopic (exact) mass is 310 g/mol. The highest BCUT2D eigenvalue weighted by molar-refractivity contribution is 7.98. The molecule has 0 saturated carbocycles. The van der Waals surface area contributed by atoms with Crippen molar-refractivity contribution in [3.05, 3.63) is 70.1 Å². The largest absolute Gasteiger partial charge is 0.301 e. The van der Waals surface area contributed by atoms with Crippen molar-refractivity contribution < 1.29 is 0 Å². The van der Waals surface area contributed by atoms with Crippen molar-refractivity contribution in [3.63, 3.8) is 0 Å². The quantitative estimate of drug-likeness (QED) is 0.576. The molecule has 22 heavy (non-hydrogen) atoms. The summed E-state index contributed by atoms with van der Waals surface area (Å²) in [6, 6.07) is 16.2. The van der Waals surface area contributed by atoms with E-state index in [1.54, 1.807) is 17.8 Å². The second-order valence-corrected chi connectivity index (χ2v) is 6.52. The molecule has 1 heterocycles. The van der Waals surface area contributed by atoms with Crippen LogP contribution >= 0.6 is 11.8 Å². The Hall–Kier alpha value is -2.07. The molecule has 0 atom stereocenters. The van der Waals surface area contributed by atoms with Crippen molar-refractivity contribution in [2.24, 2.45) is 0 Å².